The fourth-order valence-corrected chi connectivity index (χ4v) is 10.1. The number of rotatable bonds is 12. The third-order valence-electron chi connectivity index (χ3n) is 13.1. The van der Waals surface area contributed by atoms with Crippen LogP contribution in [0.15, 0.2) is 67.1 Å². The highest BCUT2D eigenvalue weighted by Gasteiger charge is 2.46. The number of imide groups is 2. The van der Waals surface area contributed by atoms with Crippen LogP contribution in [0, 0.1) is 17.6 Å². The molecule has 1 atom stereocenters. The number of H-pyrrole nitrogens is 1. The Kier molecular flexibility index (Phi) is 12.1. The Morgan fingerprint density at radius 3 is 2.33 bits per heavy atom. The van der Waals surface area contributed by atoms with E-state index in [0.29, 0.717) is 85.5 Å². The lowest BCUT2D eigenvalue weighted by Crippen LogP contribution is -2.54. The Morgan fingerprint density at radius 1 is 0.881 bits per heavy atom. The number of amides is 5. The molecule has 348 valence electrons. The van der Waals surface area contributed by atoms with Crippen molar-refractivity contribution < 1.29 is 46.0 Å². The van der Waals surface area contributed by atoms with Crippen molar-refractivity contribution in [2.24, 2.45) is 5.92 Å². The summed E-state index contributed by atoms with van der Waals surface area (Å²) in [5, 5.41) is 5.94. The van der Waals surface area contributed by atoms with Gasteiger partial charge in [0.2, 0.25) is 23.5 Å². The van der Waals surface area contributed by atoms with Gasteiger partial charge in [-0.2, -0.15) is 12.7 Å². The number of aromatic amines is 1. The SMILES string of the molecule is CCN(C)S(=O)(=O)Nc1ccc(F)c(C(=O)c2c[nH]c3ncc(-c4ccc(N5CCN(C(=O)C6CCC(Nc7cccc8c7C(=O)N(C7CCC(=O)NC7=O)C8=O)CC6)CC5)nc4)cc23)c1F. The number of carbonyl (C=O) groups excluding carboxylic acids is 6. The first-order valence-electron chi connectivity index (χ1n) is 22.0. The molecule has 3 fully saturated rings. The average Bonchev–Trinajstić information content (AvgIpc) is 3.87. The van der Waals surface area contributed by atoms with Gasteiger partial charge in [-0.1, -0.05) is 13.0 Å². The maximum absolute atomic E-state index is 15.6. The van der Waals surface area contributed by atoms with Crippen molar-refractivity contribution in [2.45, 2.75) is 57.5 Å². The zero-order valence-electron chi connectivity index (χ0n) is 36.5. The highest BCUT2D eigenvalue weighted by molar-refractivity contribution is 7.90. The number of nitrogens with one attached hydrogen (secondary N) is 4. The van der Waals surface area contributed by atoms with E-state index in [1.807, 2.05) is 17.0 Å². The molecule has 21 heteroatoms. The van der Waals surface area contributed by atoms with E-state index in [0.717, 1.165) is 21.3 Å². The molecule has 0 bridgehead atoms. The van der Waals surface area contributed by atoms with Gasteiger partial charge in [0, 0.05) is 105 Å². The maximum atomic E-state index is 15.6. The van der Waals surface area contributed by atoms with E-state index < -0.39 is 68.5 Å². The summed E-state index contributed by atoms with van der Waals surface area (Å²) in [5.74, 6) is -5.13. The van der Waals surface area contributed by atoms with E-state index in [2.05, 4.69) is 35.2 Å². The number of fused-ring (bicyclic) bond motifs is 2. The number of nitrogens with zero attached hydrogens (tertiary/aromatic N) is 6. The van der Waals surface area contributed by atoms with Gasteiger partial charge in [-0.05, 0) is 74.6 Å². The van der Waals surface area contributed by atoms with Crippen LogP contribution in [0.5, 0.6) is 0 Å². The summed E-state index contributed by atoms with van der Waals surface area (Å²) in [6, 6.07) is 11.0. The number of pyridine rings is 2. The summed E-state index contributed by atoms with van der Waals surface area (Å²) in [6.45, 7) is 3.81. The van der Waals surface area contributed by atoms with Gasteiger partial charge in [0.1, 0.15) is 23.3 Å². The molecule has 5 amide bonds. The van der Waals surface area contributed by atoms with Gasteiger partial charge in [-0.25, -0.2) is 18.7 Å². The van der Waals surface area contributed by atoms with Crippen molar-refractivity contribution in [1.82, 2.24) is 34.4 Å². The van der Waals surface area contributed by atoms with Crippen LogP contribution in [0.25, 0.3) is 22.2 Å². The smallest absolute Gasteiger partial charge is 0.301 e. The average molecular weight is 937 g/mol. The van der Waals surface area contributed by atoms with Gasteiger partial charge in [0.15, 0.2) is 5.82 Å². The second kappa shape index (κ2) is 17.9. The lowest BCUT2D eigenvalue weighted by atomic mass is 9.84. The molecule has 1 unspecified atom stereocenters. The molecular formula is C46H46F2N10O8S. The monoisotopic (exact) mass is 936 g/mol. The van der Waals surface area contributed by atoms with E-state index >= 15 is 8.78 Å². The molecule has 67 heavy (non-hydrogen) atoms. The van der Waals surface area contributed by atoms with Crippen LogP contribution in [0.3, 0.4) is 0 Å². The van der Waals surface area contributed by atoms with Crippen LogP contribution in [0.1, 0.15) is 82.1 Å². The molecule has 4 aliphatic rings. The number of hydrogen-bond acceptors (Lipinski definition) is 12. The van der Waals surface area contributed by atoms with E-state index in [9.17, 15) is 37.2 Å². The third kappa shape index (κ3) is 8.48. The molecule has 18 nitrogen and oxygen atoms in total. The summed E-state index contributed by atoms with van der Waals surface area (Å²) in [5.41, 5.74) is 0.888. The molecule has 1 saturated carbocycles. The Balaban J connectivity index is 0.795. The number of piperidine rings is 1. The Bertz CT molecular complexity index is 2970. The molecule has 0 radical (unpaired) electrons. The summed E-state index contributed by atoms with van der Waals surface area (Å²) in [4.78, 5) is 95.4. The number of hydrogen-bond donors (Lipinski definition) is 4. The predicted molar refractivity (Wildman–Crippen MR) is 241 cm³/mol. The van der Waals surface area contributed by atoms with Crippen molar-refractivity contribution in [3.8, 4) is 11.1 Å². The normalized spacial score (nSPS) is 20.1. The molecule has 4 N–H and O–H groups in total. The number of aromatic nitrogens is 3. The summed E-state index contributed by atoms with van der Waals surface area (Å²) < 4.78 is 58.8. The quantitative estimate of drug-likeness (QED) is 0.101. The van der Waals surface area contributed by atoms with E-state index in [-0.39, 0.29) is 53.9 Å². The number of benzene rings is 2. The van der Waals surface area contributed by atoms with Gasteiger partial charge in [0.25, 0.3) is 11.8 Å². The predicted octanol–water partition coefficient (Wildman–Crippen LogP) is 4.46. The minimum Gasteiger partial charge on any atom is -0.382 e. The lowest BCUT2D eigenvalue weighted by Gasteiger charge is -2.38. The van der Waals surface area contributed by atoms with Crippen LogP contribution in [0.4, 0.5) is 26.0 Å². The summed E-state index contributed by atoms with van der Waals surface area (Å²) >= 11 is 0. The Hall–Kier alpha value is -7.13. The standard InChI is InChI=1S/C46H46F2N10O8S/c1-3-55(2)67(65,66)54-34-13-12-32(47)39(40(34)48)41(60)31-24-51-42-30(31)21-27(23-50-42)26-9-15-36(49-22-26)56-17-19-57(20-18-56)44(62)25-7-10-28(11-8-25)52-33-6-4-5-29-38(33)46(64)58(45(29)63)35-14-16-37(59)53-43(35)61/h4-6,9,12-13,15,21-25,28,35,52,54H,3,7-8,10-11,14,16-20H2,1-2H3,(H,50,51)(H,53,59,61). The Morgan fingerprint density at radius 2 is 1.63 bits per heavy atom. The van der Waals surface area contributed by atoms with Gasteiger partial charge >= 0.3 is 10.2 Å². The lowest BCUT2D eigenvalue weighted by molar-refractivity contribution is -0.137. The zero-order chi connectivity index (χ0) is 47.3. The number of piperazine rings is 1. The number of ketones is 1. The van der Waals surface area contributed by atoms with E-state index in [1.165, 1.54) is 13.2 Å². The van der Waals surface area contributed by atoms with Crippen molar-refractivity contribution in [3.63, 3.8) is 0 Å². The molecule has 3 aromatic heterocycles. The van der Waals surface area contributed by atoms with Crippen LogP contribution in [0.2, 0.25) is 0 Å². The minimum atomic E-state index is -4.16. The van der Waals surface area contributed by atoms with Crippen molar-refractivity contribution in [3.05, 3.63) is 101 Å². The molecule has 2 aromatic carbocycles. The van der Waals surface area contributed by atoms with Crippen LogP contribution >= 0.6 is 0 Å². The van der Waals surface area contributed by atoms with E-state index in [4.69, 9.17) is 0 Å². The molecule has 0 spiro atoms. The second-order valence-electron chi connectivity index (χ2n) is 17.0. The highest BCUT2D eigenvalue weighted by atomic mass is 32.2. The number of carbonyl (C=O) groups is 6. The summed E-state index contributed by atoms with van der Waals surface area (Å²) in [7, 11) is -2.88. The fourth-order valence-electron chi connectivity index (χ4n) is 9.21. The van der Waals surface area contributed by atoms with Gasteiger partial charge in [-0.15, -0.1) is 0 Å². The van der Waals surface area contributed by atoms with Gasteiger partial charge in [-0.3, -0.25) is 43.7 Å². The Labute approximate surface area is 383 Å². The first kappa shape index (κ1) is 45.0. The second-order valence-corrected chi connectivity index (χ2v) is 18.8. The molecule has 3 aliphatic heterocycles. The highest BCUT2D eigenvalue weighted by Crippen LogP contribution is 2.36. The maximum Gasteiger partial charge on any atom is 0.301 e. The minimum absolute atomic E-state index is 0.0352. The van der Waals surface area contributed by atoms with Gasteiger partial charge in [0.05, 0.1) is 22.4 Å². The van der Waals surface area contributed by atoms with Crippen LogP contribution in [-0.2, 0) is 24.6 Å². The number of halogens is 2. The number of anilines is 3. The molecule has 1 aliphatic carbocycles. The first-order valence-corrected chi connectivity index (χ1v) is 23.4. The van der Waals surface area contributed by atoms with E-state index in [1.54, 1.807) is 43.6 Å². The van der Waals surface area contributed by atoms with Crippen molar-refractivity contribution in [2.75, 3.05) is 54.7 Å². The molecule has 9 rings (SSSR count). The largest absolute Gasteiger partial charge is 0.382 e. The fraction of sp³-hybridized carbons (Fsp3) is 0.348. The van der Waals surface area contributed by atoms with Crippen LogP contribution in [-0.4, -0.2) is 125 Å². The van der Waals surface area contributed by atoms with Crippen molar-refractivity contribution in [1.29, 1.82) is 0 Å². The van der Waals surface area contributed by atoms with Crippen molar-refractivity contribution >= 4 is 73.8 Å². The molecular weight excluding hydrogens is 891 g/mol. The van der Waals surface area contributed by atoms with Gasteiger partial charge < -0.3 is 20.1 Å². The van der Waals surface area contributed by atoms with Crippen LogP contribution < -0.4 is 20.3 Å². The topological polar surface area (TPSA) is 227 Å². The zero-order valence-corrected chi connectivity index (χ0v) is 37.3. The first-order chi connectivity index (χ1) is 32.1. The molecule has 2 saturated heterocycles. The molecule has 6 heterocycles. The molecule has 5 aromatic rings. The third-order valence-corrected chi connectivity index (χ3v) is 14.6. The summed E-state index contributed by atoms with van der Waals surface area (Å²) in [6.07, 6.45) is 7.28.